The van der Waals surface area contributed by atoms with Crippen LogP contribution in [-0.2, 0) is 0 Å². The van der Waals surface area contributed by atoms with Crippen molar-refractivity contribution < 1.29 is 0 Å². The maximum absolute atomic E-state index is 11.2. The number of nitrogens with two attached hydrogens (primary N) is 1. The molecule has 1 aromatic carbocycles. The van der Waals surface area contributed by atoms with Gasteiger partial charge in [0.1, 0.15) is 0 Å². The van der Waals surface area contributed by atoms with Crippen LogP contribution in [0.4, 0.5) is 0 Å². The molecule has 0 aliphatic rings. The van der Waals surface area contributed by atoms with E-state index in [2.05, 4.69) is 29.9 Å². The molecule has 1 atom stereocenters. The molecule has 0 amide bonds. The summed E-state index contributed by atoms with van der Waals surface area (Å²) in [6.07, 6.45) is 0.970. The predicted octanol–water partition coefficient (Wildman–Crippen LogP) is 1.94. The Balaban J connectivity index is 2.42. The number of imidazole rings is 1. The highest BCUT2D eigenvalue weighted by Crippen LogP contribution is 2.28. The number of benzene rings is 1. The van der Waals surface area contributed by atoms with Gasteiger partial charge in [0.2, 0.25) is 0 Å². The molecule has 1 heterocycles. The van der Waals surface area contributed by atoms with E-state index in [1.54, 1.807) is 0 Å². The van der Waals surface area contributed by atoms with E-state index in [1.165, 1.54) is 5.56 Å². The van der Waals surface area contributed by atoms with Crippen LogP contribution in [0.5, 0.6) is 0 Å². The highest BCUT2D eigenvalue weighted by molar-refractivity contribution is 5.75. The first kappa shape index (κ1) is 11.9. The normalized spacial score (nSPS) is 13.4. The minimum Gasteiger partial charge on any atom is -0.330 e. The van der Waals surface area contributed by atoms with Crippen molar-refractivity contribution in [2.45, 2.75) is 26.2 Å². The van der Waals surface area contributed by atoms with Crippen molar-refractivity contribution in [3.63, 3.8) is 0 Å². The van der Waals surface area contributed by atoms with Crippen LogP contribution in [0.3, 0.4) is 0 Å². The molecule has 4 N–H and O–H groups in total. The smallest absolute Gasteiger partial charge is 0.323 e. The molecule has 0 bridgehead atoms. The minimum atomic E-state index is -0.155. The van der Waals surface area contributed by atoms with Crippen molar-refractivity contribution in [2.75, 3.05) is 6.54 Å². The van der Waals surface area contributed by atoms with Gasteiger partial charge in [0.15, 0.2) is 0 Å². The summed E-state index contributed by atoms with van der Waals surface area (Å²) in [5.74, 6) is 0.990. The largest absolute Gasteiger partial charge is 0.330 e. The second kappa shape index (κ2) is 4.75. The van der Waals surface area contributed by atoms with E-state index in [0.29, 0.717) is 18.4 Å². The van der Waals surface area contributed by atoms with Gasteiger partial charge < -0.3 is 15.7 Å². The van der Waals surface area contributed by atoms with Crippen LogP contribution >= 0.6 is 0 Å². The van der Waals surface area contributed by atoms with Gasteiger partial charge >= 0.3 is 5.69 Å². The van der Waals surface area contributed by atoms with Crippen molar-refractivity contribution in [1.29, 1.82) is 0 Å². The van der Waals surface area contributed by atoms with Gasteiger partial charge in [0.25, 0.3) is 0 Å². The van der Waals surface area contributed by atoms with E-state index in [1.807, 2.05) is 12.1 Å². The number of rotatable bonds is 4. The molecule has 1 unspecified atom stereocenters. The highest BCUT2D eigenvalue weighted by Gasteiger charge is 2.15. The Bertz CT molecular complexity index is 553. The Kier molecular flexibility index (Phi) is 3.33. The van der Waals surface area contributed by atoms with E-state index in [-0.39, 0.29) is 5.69 Å². The third-order valence-corrected chi connectivity index (χ3v) is 3.25. The number of H-pyrrole nitrogens is 2. The van der Waals surface area contributed by atoms with Gasteiger partial charge in [-0.15, -0.1) is 0 Å². The number of hydrogen-bond acceptors (Lipinski definition) is 2. The monoisotopic (exact) mass is 233 g/mol. The molecule has 1 aromatic heterocycles. The lowest BCUT2D eigenvalue weighted by atomic mass is 9.86. The molecule has 0 spiro atoms. The van der Waals surface area contributed by atoms with Crippen LogP contribution < -0.4 is 11.4 Å². The lowest BCUT2D eigenvalue weighted by Gasteiger charge is -2.20. The van der Waals surface area contributed by atoms with E-state index < -0.39 is 0 Å². The summed E-state index contributed by atoms with van der Waals surface area (Å²) in [7, 11) is 0. The Hall–Kier alpha value is -1.55. The highest BCUT2D eigenvalue weighted by atomic mass is 16.1. The summed E-state index contributed by atoms with van der Waals surface area (Å²) in [6, 6.07) is 6.08. The maximum Gasteiger partial charge on any atom is 0.323 e. The van der Waals surface area contributed by atoms with Gasteiger partial charge in [-0.05, 0) is 42.5 Å². The minimum absolute atomic E-state index is 0.155. The van der Waals surface area contributed by atoms with Crippen LogP contribution in [0.25, 0.3) is 11.0 Å². The standard InChI is InChI=1S/C13H19N3O/c1-8(2)10(5-6-14)9-3-4-11-12(7-9)16-13(17)15-11/h3-4,7-8,10H,5-6,14H2,1-2H3,(H2,15,16,17). The Morgan fingerprint density at radius 2 is 1.94 bits per heavy atom. The van der Waals surface area contributed by atoms with Crippen molar-refractivity contribution in [3.05, 3.63) is 34.2 Å². The number of aromatic amines is 2. The average Bonchev–Trinajstić information content (AvgIpc) is 2.64. The first-order chi connectivity index (χ1) is 8.11. The third-order valence-electron chi connectivity index (χ3n) is 3.25. The van der Waals surface area contributed by atoms with Crippen LogP contribution in [-0.4, -0.2) is 16.5 Å². The summed E-state index contributed by atoms with van der Waals surface area (Å²) in [4.78, 5) is 16.7. The van der Waals surface area contributed by atoms with Crippen molar-refractivity contribution in [3.8, 4) is 0 Å². The van der Waals surface area contributed by atoms with Crippen molar-refractivity contribution in [1.82, 2.24) is 9.97 Å². The first-order valence-corrected chi connectivity index (χ1v) is 6.04. The summed E-state index contributed by atoms with van der Waals surface area (Å²) < 4.78 is 0. The SMILES string of the molecule is CC(C)C(CCN)c1ccc2[nH]c(=O)[nH]c2c1. The molecule has 0 fully saturated rings. The second-order valence-electron chi connectivity index (χ2n) is 4.81. The third kappa shape index (κ3) is 2.42. The molecular formula is C13H19N3O. The maximum atomic E-state index is 11.2. The van der Waals surface area contributed by atoms with Crippen LogP contribution in [0.2, 0.25) is 0 Å². The zero-order valence-electron chi connectivity index (χ0n) is 10.3. The quantitative estimate of drug-likeness (QED) is 0.755. The molecule has 0 radical (unpaired) electrons. The van der Waals surface area contributed by atoms with Gasteiger partial charge in [-0.1, -0.05) is 19.9 Å². The van der Waals surface area contributed by atoms with E-state index in [4.69, 9.17) is 5.73 Å². The van der Waals surface area contributed by atoms with E-state index in [0.717, 1.165) is 17.5 Å². The summed E-state index contributed by atoms with van der Waals surface area (Å²) in [6.45, 7) is 5.08. The molecule has 4 heteroatoms. The molecule has 17 heavy (non-hydrogen) atoms. The Labute approximate surface area is 100 Å². The molecule has 0 saturated heterocycles. The van der Waals surface area contributed by atoms with Crippen LogP contribution in [0.15, 0.2) is 23.0 Å². The molecule has 2 rings (SSSR count). The van der Waals surface area contributed by atoms with Crippen LogP contribution in [0.1, 0.15) is 31.7 Å². The molecule has 4 nitrogen and oxygen atoms in total. The van der Waals surface area contributed by atoms with Crippen molar-refractivity contribution in [2.24, 2.45) is 11.7 Å². The van der Waals surface area contributed by atoms with Gasteiger partial charge in [0, 0.05) is 0 Å². The lowest BCUT2D eigenvalue weighted by molar-refractivity contribution is 0.473. The summed E-state index contributed by atoms with van der Waals surface area (Å²) >= 11 is 0. The lowest BCUT2D eigenvalue weighted by Crippen LogP contribution is -2.12. The summed E-state index contributed by atoms with van der Waals surface area (Å²) in [5.41, 5.74) is 8.47. The second-order valence-corrected chi connectivity index (χ2v) is 4.81. The fourth-order valence-electron chi connectivity index (χ4n) is 2.35. The number of nitrogens with one attached hydrogen (secondary N) is 2. The topological polar surface area (TPSA) is 74.7 Å². The molecule has 0 saturated carbocycles. The van der Waals surface area contributed by atoms with E-state index in [9.17, 15) is 4.79 Å². The van der Waals surface area contributed by atoms with Crippen molar-refractivity contribution >= 4 is 11.0 Å². The van der Waals surface area contributed by atoms with E-state index >= 15 is 0 Å². The van der Waals surface area contributed by atoms with Crippen LogP contribution in [0, 0.1) is 5.92 Å². The molecule has 0 aliphatic carbocycles. The molecular weight excluding hydrogens is 214 g/mol. The fourth-order valence-corrected chi connectivity index (χ4v) is 2.35. The summed E-state index contributed by atoms with van der Waals surface area (Å²) in [5, 5.41) is 0. The average molecular weight is 233 g/mol. The fraction of sp³-hybridized carbons (Fsp3) is 0.462. The predicted molar refractivity (Wildman–Crippen MR) is 70.2 cm³/mol. The first-order valence-electron chi connectivity index (χ1n) is 6.04. The van der Waals surface area contributed by atoms with Gasteiger partial charge in [-0.3, -0.25) is 0 Å². The van der Waals surface area contributed by atoms with Gasteiger partial charge in [0.05, 0.1) is 11.0 Å². The zero-order chi connectivity index (χ0) is 12.4. The Morgan fingerprint density at radius 3 is 2.59 bits per heavy atom. The van der Waals surface area contributed by atoms with Gasteiger partial charge in [-0.2, -0.15) is 0 Å². The Morgan fingerprint density at radius 1 is 1.24 bits per heavy atom. The number of hydrogen-bond donors (Lipinski definition) is 3. The molecule has 0 aliphatic heterocycles. The molecule has 92 valence electrons. The molecule has 2 aromatic rings. The zero-order valence-corrected chi connectivity index (χ0v) is 10.3. The number of aromatic nitrogens is 2. The van der Waals surface area contributed by atoms with Gasteiger partial charge in [-0.25, -0.2) is 4.79 Å². The number of fused-ring (bicyclic) bond motifs is 1.